The van der Waals surface area contributed by atoms with E-state index < -0.39 is 8.07 Å². The second kappa shape index (κ2) is 10.9. The van der Waals surface area contributed by atoms with Gasteiger partial charge in [0.25, 0.3) is 0 Å². The topological polar surface area (TPSA) is 13.1 Å². The van der Waals surface area contributed by atoms with E-state index in [0.717, 1.165) is 5.76 Å². The van der Waals surface area contributed by atoms with Crippen molar-refractivity contribution in [3.8, 4) is 11.1 Å². The van der Waals surface area contributed by atoms with Crippen molar-refractivity contribution in [2.75, 3.05) is 0 Å². The summed E-state index contributed by atoms with van der Waals surface area (Å²) in [5.41, 5.74) is 9.28. The first-order chi connectivity index (χ1) is 15.5. The van der Waals surface area contributed by atoms with Crippen molar-refractivity contribution >= 4 is 24.0 Å². The molecule has 2 bridgehead atoms. The van der Waals surface area contributed by atoms with E-state index in [4.69, 9.17) is 4.42 Å². The minimum absolute atomic E-state index is 0. The third-order valence-corrected chi connectivity index (χ3v) is 11.7. The van der Waals surface area contributed by atoms with Crippen LogP contribution in [0.4, 0.5) is 0 Å². The van der Waals surface area contributed by atoms with Gasteiger partial charge in [-0.15, -0.1) is 34.5 Å². The van der Waals surface area contributed by atoms with Gasteiger partial charge in [0, 0.05) is 11.1 Å². The van der Waals surface area contributed by atoms with E-state index in [1.54, 1.807) is 10.8 Å². The molecular weight excluding hydrogens is 579 g/mol. The summed E-state index contributed by atoms with van der Waals surface area (Å²) >= 11 is 0. The molecule has 1 radical (unpaired) electrons. The fraction of sp³-hybridized carbons (Fsp3) is 0.323. The average Bonchev–Trinajstić information content (AvgIpc) is 3.41. The van der Waals surface area contributed by atoms with Gasteiger partial charge < -0.3 is 29.2 Å². The monoisotopic (exact) mass is 611 g/mol. The van der Waals surface area contributed by atoms with Gasteiger partial charge in [-0.25, -0.2) is 0 Å². The van der Waals surface area contributed by atoms with Crippen LogP contribution >= 0.6 is 0 Å². The molecule has 3 aromatic carbocycles. The summed E-state index contributed by atoms with van der Waals surface area (Å²) in [7, 11) is -1.10. The smallest absolute Gasteiger partial charge is 1.00 e. The number of hydrogen-bond donors (Lipinski definition) is 0. The summed E-state index contributed by atoms with van der Waals surface area (Å²) in [5.74, 6) is 2.35. The first-order valence-electron chi connectivity index (χ1n) is 12.1. The molecule has 3 heterocycles. The summed E-state index contributed by atoms with van der Waals surface area (Å²) < 4.78 is 5.78. The molecular formula is C31H35Cl2OSiZr. The zero-order chi connectivity index (χ0) is 23.7. The molecule has 1 unspecified atom stereocenters. The predicted octanol–water partition coefficient (Wildman–Crippen LogP) is 3.10. The number of rotatable bonds is 1. The second-order valence-electron chi connectivity index (χ2n) is 11.5. The second-order valence-corrected chi connectivity index (χ2v) is 16.0. The van der Waals surface area contributed by atoms with Gasteiger partial charge in [0.05, 0.1) is 8.07 Å². The van der Waals surface area contributed by atoms with E-state index in [9.17, 15) is 0 Å². The van der Waals surface area contributed by atoms with Crippen LogP contribution in [0.1, 0.15) is 61.4 Å². The van der Waals surface area contributed by atoms with Crippen molar-refractivity contribution in [3.63, 3.8) is 0 Å². The SMILES string of the molecule is CC1=C2c3cc(C)oc3C1[Si]2(C)C.Cc1cc2c(-c3ccc(C(C)(C)C)cc3)cccc2[cH-]1.[Cl-].[Cl-].[Zr+3]. The Labute approximate surface area is 249 Å². The van der Waals surface area contributed by atoms with Gasteiger partial charge >= 0.3 is 26.2 Å². The first kappa shape index (κ1) is 31.0. The van der Waals surface area contributed by atoms with Crippen LogP contribution in [-0.2, 0) is 31.6 Å². The van der Waals surface area contributed by atoms with Gasteiger partial charge in [0.2, 0.25) is 0 Å². The molecule has 1 atom stereocenters. The van der Waals surface area contributed by atoms with Crippen molar-refractivity contribution < 1.29 is 55.4 Å². The van der Waals surface area contributed by atoms with Gasteiger partial charge in [-0.3, -0.25) is 0 Å². The number of halogens is 2. The molecule has 187 valence electrons. The Hall–Kier alpha value is -1.25. The average molecular weight is 614 g/mol. The van der Waals surface area contributed by atoms with E-state index >= 15 is 0 Å². The Kier molecular flexibility index (Phi) is 9.34. The molecule has 0 amide bonds. The van der Waals surface area contributed by atoms with Crippen LogP contribution in [0.5, 0.6) is 0 Å². The van der Waals surface area contributed by atoms with Crippen LogP contribution < -0.4 is 24.8 Å². The van der Waals surface area contributed by atoms with Gasteiger partial charge in [0.15, 0.2) is 0 Å². The zero-order valence-corrected chi connectivity index (χ0v) is 27.5. The van der Waals surface area contributed by atoms with E-state index in [1.165, 1.54) is 44.3 Å². The van der Waals surface area contributed by atoms with Gasteiger partial charge in [-0.05, 0) is 41.7 Å². The number of benzene rings is 2. The Morgan fingerprint density at radius 1 is 0.861 bits per heavy atom. The number of fused-ring (bicyclic) bond motifs is 1. The summed E-state index contributed by atoms with van der Waals surface area (Å²) in [6, 6.07) is 22.3. The molecule has 0 saturated heterocycles. The molecule has 0 N–H and O–H groups in total. The zero-order valence-electron chi connectivity index (χ0n) is 22.5. The van der Waals surface area contributed by atoms with Gasteiger partial charge in [-0.2, -0.15) is 6.07 Å². The number of furan rings is 1. The summed E-state index contributed by atoms with van der Waals surface area (Å²) in [4.78, 5) is 0. The minimum Gasteiger partial charge on any atom is -1.00 e. The normalized spacial score (nSPS) is 16.6. The third kappa shape index (κ3) is 5.06. The Morgan fingerprint density at radius 3 is 2.06 bits per heavy atom. The summed E-state index contributed by atoms with van der Waals surface area (Å²) in [6.07, 6.45) is 0. The molecule has 0 saturated carbocycles. The molecule has 2 aliphatic heterocycles. The van der Waals surface area contributed by atoms with Crippen LogP contribution in [0.3, 0.4) is 0 Å². The van der Waals surface area contributed by atoms with Gasteiger partial charge in [0.1, 0.15) is 11.5 Å². The molecule has 1 aromatic heterocycles. The molecule has 36 heavy (non-hydrogen) atoms. The van der Waals surface area contributed by atoms with Crippen molar-refractivity contribution in [3.05, 3.63) is 94.4 Å². The van der Waals surface area contributed by atoms with Crippen molar-refractivity contribution in [1.82, 2.24) is 0 Å². The maximum Gasteiger partial charge on any atom is 3.00 e. The van der Waals surface area contributed by atoms with Gasteiger partial charge in [-0.1, -0.05) is 82.3 Å². The standard InChI is InChI=1S/C20H21.C11H14OSi.2ClH.Zr/c1-14-12-16-6-5-7-18(19(16)13-14)15-8-10-17(11-9-15)20(2,3)4;1-6-5-8-9(12-6)11-7(2)10(8)13(11,3)4;;;/h5-13H,1-4H3;5,11H,1-4H3;2*1H;/q-1;;;;+3/p-2. The quantitative estimate of drug-likeness (QED) is 0.238. The molecule has 4 aromatic rings. The Balaban J connectivity index is 0.000000250. The maximum atomic E-state index is 5.78. The van der Waals surface area contributed by atoms with Crippen molar-refractivity contribution in [2.45, 2.75) is 65.6 Å². The van der Waals surface area contributed by atoms with E-state index in [1.807, 2.05) is 6.92 Å². The van der Waals surface area contributed by atoms with Crippen LogP contribution in [0.15, 0.2) is 70.7 Å². The minimum atomic E-state index is -1.10. The van der Waals surface area contributed by atoms with Crippen LogP contribution in [0.25, 0.3) is 27.1 Å². The fourth-order valence-electron chi connectivity index (χ4n) is 6.07. The summed E-state index contributed by atoms with van der Waals surface area (Å²) in [6.45, 7) is 18.1. The van der Waals surface area contributed by atoms with Crippen LogP contribution in [0.2, 0.25) is 13.1 Å². The molecule has 0 spiro atoms. The predicted molar refractivity (Wildman–Crippen MR) is 145 cm³/mol. The van der Waals surface area contributed by atoms with E-state index in [0.29, 0.717) is 5.54 Å². The molecule has 5 heteroatoms. The third-order valence-electron chi connectivity index (χ3n) is 7.57. The maximum absolute atomic E-state index is 5.78. The molecule has 0 fully saturated rings. The Morgan fingerprint density at radius 2 is 1.50 bits per heavy atom. The van der Waals surface area contributed by atoms with Crippen molar-refractivity contribution in [2.24, 2.45) is 0 Å². The number of aryl methyl sites for hydroxylation is 2. The molecule has 7 rings (SSSR count). The molecule has 3 aliphatic rings. The number of allylic oxidation sites excluding steroid dienone is 1. The number of hydrogen-bond acceptors (Lipinski definition) is 1. The van der Waals surface area contributed by atoms with Crippen LogP contribution in [0, 0.1) is 13.8 Å². The van der Waals surface area contributed by atoms with E-state index in [-0.39, 0.29) is 56.4 Å². The van der Waals surface area contributed by atoms with E-state index in [2.05, 4.69) is 108 Å². The molecule has 1 aliphatic carbocycles. The first-order valence-corrected chi connectivity index (χ1v) is 15.1. The largest absolute Gasteiger partial charge is 3.00 e. The molecule has 1 nitrogen and oxygen atoms in total. The van der Waals surface area contributed by atoms with Crippen LogP contribution in [-0.4, -0.2) is 8.07 Å². The van der Waals surface area contributed by atoms with Crippen molar-refractivity contribution in [1.29, 1.82) is 0 Å². The fourth-order valence-corrected chi connectivity index (χ4v) is 10.3. The Bertz CT molecular complexity index is 1400. The summed E-state index contributed by atoms with van der Waals surface area (Å²) in [5, 5.41) is 4.36.